The summed E-state index contributed by atoms with van der Waals surface area (Å²) in [7, 11) is 0. The van der Waals surface area contributed by atoms with Gasteiger partial charge in [-0.1, -0.05) is 29.5 Å². The Hall–Kier alpha value is -3.15. The van der Waals surface area contributed by atoms with E-state index >= 15 is 0 Å². The second kappa shape index (κ2) is 5.24. The van der Waals surface area contributed by atoms with Crippen molar-refractivity contribution >= 4 is 10.8 Å². The highest BCUT2D eigenvalue weighted by Gasteiger charge is 2.16. The lowest BCUT2D eigenvalue weighted by molar-refractivity contribution is 0.564. The number of hydrogen-bond acceptors (Lipinski definition) is 4. The van der Waals surface area contributed by atoms with Crippen LogP contribution >= 0.6 is 0 Å². The van der Waals surface area contributed by atoms with E-state index in [1.807, 2.05) is 37.3 Å². The molecule has 112 valence electrons. The highest BCUT2D eigenvalue weighted by molar-refractivity contribution is 5.84. The molecular formula is C17H12FN5. The predicted octanol–water partition coefficient (Wildman–Crippen LogP) is 3.33. The van der Waals surface area contributed by atoms with Gasteiger partial charge in [0.25, 0.3) is 0 Å². The Kier molecular flexibility index (Phi) is 3.08. The summed E-state index contributed by atoms with van der Waals surface area (Å²) >= 11 is 0. The first-order chi connectivity index (χ1) is 11.2. The molecule has 0 N–H and O–H groups in total. The molecule has 0 unspecified atom stereocenters. The average Bonchev–Trinajstić information content (AvgIpc) is 2.96. The van der Waals surface area contributed by atoms with E-state index in [9.17, 15) is 4.39 Å². The molecule has 0 saturated carbocycles. The predicted molar refractivity (Wildman–Crippen MR) is 84.6 cm³/mol. The SMILES string of the molecule is Cc1c(-c2cc3ccccc3cn2)nnn1-c1cccnc1F. The second-order valence-electron chi connectivity index (χ2n) is 5.17. The summed E-state index contributed by atoms with van der Waals surface area (Å²) in [6.45, 7) is 1.83. The summed E-state index contributed by atoms with van der Waals surface area (Å²) in [6, 6.07) is 13.2. The Morgan fingerprint density at radius 1 is 1.00 bits per heavy atom. The molecule has 1 aromatic carbocycles. The van der Waals surface area contributed by atoms with Crippen LogP contribution in [0.4, 0.5) is 4.39 Å². The number of fused-ring (bicyclic) bond motifs is 1. The minimum atomic E-state index is -0.585. The van der Waals surface area contributed by atoms with Crippen LogP contribution in [0.1, 0.15) is 5.69 Å². The van der Waals surface area contributed by atoms with Crippen LogP contribution in [-0.4, -0.2) is 25.0 Å². The minimum Gasteiger partial charge on any atom is -0.254 e. The van der Waals surface area contributed by atoms with Gasteiger partial charge in [0.15, 0.2) is 0 Å². The van der Waals surface area contributed by atoms with Gasteiger partial charge in [0.05, 0.1) is 11.4 Å². The Labute approximate surface area is 131 Å². The van der Waals surface area contributed by atoms with E-state index in [4.69, 9.17) is 0 Å². The quantitative estimate of drug-likeness (QED) is 0.533. The first-order valence-electron chi connectivity index (χ1n) is 7.12. The Bertz CT molecular complexity index is 1010. The molecule has 4 rings (SSSR count). The number of hydrogen-bond donors (Lipinski definition) is 0. The Morgan fingerprint density at radius 2 is 1.83 bits per heavy atom. The summed E-state index contributed by atoms with van der Waals surface area (Å²) in [6.07, 6.45) is 3.20. The van der Waals surface area contributed by atoms with Crippen LogP contribution in [-0.2, 0) is 0 Å². The van der Waals surface area contributed by atoms with Gasteiger partial charge in [-0.05, 0) is 30.5 Å². The monoisotopic (exact) mass is 305 g/mol. The Morgan fingerprint density at radius 3 is 2.65 bits per heavy atom. The maximum absolute atomic E-state index is 13.9. The summed E-state index contributed by atoms with van der Waals surface area (Å²) in [5.41, 5.74) is 2.31. The van der Waals surface area contributed by atoms with Gasteiger partial charge in [-0.3, -0.25) is 4.98 Å². The first kappa shape index (κ1) is 13.5. The molecule has 0 amide bonds. The molecule has 23 heavy (non-hydrogen) atoms. The molecule has 5 nitrogen and oxygen atoms in total. The lowest BCUT2D eigenvalue weighted by Crippen LogP contribution is -2.03. The number of rotatable bonds is 2. The van der Waals surface area contributed by atoms with Gasteiger partial charge in [-0.25, -0.2) is 9.67 Å². The summed E-state index contributed by atoms with van der Waals surface area (Å²) in [5, 5.41) is 10.3. The number of benzene rings is 1. The number of pyridine rings is 2. The fourth-order valence-electron chi connectivity index (χ4n) is 2.54. The maximum atomic E-state index is 13.9. The fraction of sp³-hybridized carbons (Fsp3) is 0.0588. The molecule has 0 spiro atoms. The van der Waals surface area contributed by atoms with Crippen molar-refractivity contribution in [1.82, 2.24) is 25.0 Å². The van der Waals surface area contributed by atoms with Crippen LogP contribution in [0.5, 0.6) is 0 Å². The topological polar surface area (TPSA) is 56.5 Å². The average molecular weight is 305 g/mol. The smallest absolute Gasteiger partial charge is 0.238 e. The summed E-state index contributed by atoms with van der Waals surface area (Å²) < 4.78 is 15.3. The molecular weight excluding hydrogens is 293 g/mol. The highest BCUT2D eigenvalue weighted by atomic mass is 19.1. The summed E-state index contributed by atoms with van der Waals surface area (Å²) in [5.74, 6) is -0.585. The van der Waals surface area contributed by atoms with Crippen molar-refractivity contribution in [3.05, 3.63) is 66.5 Å². The largest absolute Gasteiger partial charge is 0.254 e. The van der Waals surface area contributed by atoms with Crippen LogP contribution in [0.15, 0.2) is 54.9 Å². The van der Waals surface area contributed by atoms with E-state index in [1.54, 1.807) is 18.3 Å². The van der Waals surface area contributed by atoms with Gasteiger partial charge >= 0.3 is 0 Å². The van der Waals surface area contributed by atoms with E-state index < -0.39 is 5.95 Å². The Balaban J connectivity index is 1.85. The van der Waals surface area contributed by atoms with Crippen LogP contribution in [0.2, 0.25) is 0 Å². The molecule has 0 aliphatic carbocycles. The van der Waals surface area contributed by atoms with E-state index in [2.05, 4.69) is 20.3 Å². The standard InChI is InChI=1S/C17H12FN5/c1-11-16(14-9-12-5-2-3-6-13(12)10-20-14)21-22-23(11)15-7-4-8-19-17(15)18/h2-10H,1H3. The summed E-state index contributed by atoms with van der Waals surface area (Å²) in [4.78, 5) is 8.09. The van der Waals surface area contributed by atoms with Crippen molar-refractivity contribution in [1.29, 1.82) is 0 Å². The second-order valence-corrected chi connectivity index (χ2v) is 5.17. The molecule has 4 aromatic rings. The van der Waals surface area contributed by atoms with Crippen LogP contribution in [0.25, 0.3) is 27.8 Å². The van der Waals surface area contributed by atoms with Crippen LogP contribution in [0.3, 0.4) is 0 Å². The molecule has 0 saturated heterocycles. The lowest BCUT2D eigenvalue weighted by atomic mass is 10.1. The molecule has 0 aliphatic rings. The van der Waals surface area contributed by atoms with E-state index in [-0.39, 0.29) is 5.69 Å². The van der Waals surface area contributed by atoms with Crippen molar-refractivity contribution in [3.8, 4) is 17.1 Å². The zero-order chi connectivity index (χ0) is 15.8. The zero-order valence-corrected chi connectivity index (χ0v) is 12.3. The van der Waals surface area contributed by atoms with Gasteiger partial charge in [0.1, 0.15) is 11.4 Å². The third-order valence-corrected chi connectivity index (χ3v) is 3.74. The van der Waals surface area contributed by atoms with Crippen LogP contribution < -0.4 is 0 Å². The highest BCUT2D eigenvalue weighted by Crippen LogP contribution is 2.24. The maximum Gasteiger partial charge on any atom is 0.238 e. The molecule has 3 heterocycles. The third kappa shape index (κ3) is 2.24. The van der Waals surface area contributed by atoms with Crippen LogP contribution in [0, 0.1) is 12.9 Å². The van der Waals surface area contributed by atoms with Crippen molar-refractivity contribution in [2.75, 3.05) is 0 Å². The van der Waals surface area contributed by atoms with E-state index in [0.717, 1.165) is 10.8 Å². The van der Waals surface area contributed by atoms with Gasteiger partial charge in [0, 0.05) is 17.8 Å². The van der Waals surface area contributed by atoms with E-state index in [1.165, 1.54) is 10.9 Å². The molecule has 6 heteroatoms. The van der Waals surface area contributed by atoms with Crippen molar-refractivity contribution < 1.29 is 4.39 Å². The minimum absolute atomic E-state index is 0.268. The molecule has 3 aromatic heterocycles. The number of halogens is 1. The molecule has 0 radical (unpaired) electrons. The van der Waals surface area contributed by atoms with Gasteiger partial charge in [-0.2, -0.15) is 4.39 Å². The molecule has 0 aliphatic heterocycles. The third-order valence-electron chi connectivity index (χ3n) is 3.74. The van der Waals surface area contributed by atoms with Gasteiger partial charge in [-0.15, -0.1) is 5.10 Å². The molecule has 0 atom stereocenters. The zero-order valence-electron chi connectivity index (χ0n) is 12.3. The van der Waals surface area contributed by atoms with Gasteiger partial charge in [0.2, 0.25) is 5.95 Å². The molecule has 0 bridgehead atoms. The molecule has 0 fully saturated rings. The number of aromatic nitrogens is 5. The van der Waals surface area contributed by atoms with Crippen molar-refractivity contribution in [2.24, 2.45) is 0 Å². The number of nitrogens with zero attached hydrogens (tertiary/aromatic N) is 5. The van der Waals surface area contributed by atoms with E-state index in [0.29, 0.717) is 17.1 Å². The van der Waals surface area contributed by atoms with Crippen molar-refractivity contribution in [2.45, 2.75) is 6.92 Å². The van der Waals surface area contributed by atoms with Crippen molar-refractivity contribution in [3.63, 3.8) is 0 Å². The lowest BCUT2D eigenvalue weighted by Gasteiger charge is -2.04. The fourth-order valence-corrected chi connectivity index (χ4v) is 2.54. The normalized spacial score (nSPS) is 11.0. The first-order valence-corrected chi connectivity index (χ1v) is 7.12. The van der Waals surface area contributed by atoms with Gasteiger partial charge < -0.3 is 0 Å².